The van der Waals surface area contributed by atoms with Crippen LogP contribution in [0.5, 0.6) is 0 Å². The fourth-order valence-corrected chi connectivity index (χ4v) is 10.1. The van der Waals surface area contributed by atoms with Gasteiger partial charge in [0.2, 0.25) is 0 Å². The predicted octanol–water partition coefficient (Wildman–Crippen LogP) is 6.92. The van der Waals surface area contributed by atoms with E-state index in [1.165, 1.54) is 32.1 Å². The summed E-state index contributed by atoms with van der Waals surface area (Å²) in [5.41, 5.74) is 2.19. The first-order valence-electron chi connectivity index (χ1n) is 13.4. The molecule has 3 saturated carbocycles. The van der Waals surface area contributed by atoms with E-state index in [2.05, 4.69) is 67.5 Å². The van der Waals surface area contributed by atoms with Gasteiger partial charge in [-0.25, -0.2) is 0 Å². The summed E-state index contributed by atoms with van der Waals surface area (Å²) in [7, 11) is 0. The van der Waals surface area contributed by atoms with Crippen LogP contribution >= 0.6 is 0 Å². The maximum Gasteiger partial charge on any atom is 0.0781 e. The number of aliphatic hydroxyl groups excluding tert-OH is 2. The molecule has 5 aliphatic carbocycles. The number of fused-ring (bicyclic) bond motifs is 7. The van der Waals surface area contributed by atoms with Crippen molar-refractivity contribution in [2.24, 2.45) is 50.2 Å². The van der Waals surface area contributed by atoms with Gasteiger partial charge < -0.3 is 10.2 Å². The zero-order chi connectivity index (χ0) is 23.5. The van der Waals surface area contributed by atoms with Gasteiger partial charge in [-0.05, 0) is 83.9 Å². The Labute approximate surface area is 197 Å². The average molecular weight is 441 g/mol. The van der Waals surface area contributed by atoms with Crippen molar-refractivity contribution >= 4 is 0 Å². The van der Waals surface area contributed by atoms with Gasteiger partial charge in [0.05, 0.1) is 12.2 Å². The van der Waals surface area contributed by atoms with Crippen LogP contribution < -0.4 is 0 Å². The van der Waals surface area contributed by atoms with E-state index in [0.29, 0.717) is 22.7 Å². The van der Waals surface area contributed by atoms with Crippen molar-refractivity contribution in [1.82, 2.24) is 0 Å². The van der Waals surface area contributed by atoms with Gasteiger partial charge in [-0.2, -0.15) is 0 Å². The first kappa shape index (κ1) is 23.2. The summed E-state index contributed by atoms with van der Waals surface area (Å²) in [5, 5.41) is 23.3. The van der Waals surface area contributed by atoms with E-state index in [1.807, 2.05) is 6.08 Å². The van der Waals surface area contributed by atoms with Crippen molar-refractivity contribution in [2.75, 3.05) is 0 Å². The molecule has 32 heavy (non-hydrogen) atoms. The number of aliphatic hydroxyl groups is 2. The van der Waals surface area contributed by atoms with E-state index in [-0.39, 0.29) is 27.6 Å². The molecule has 5 aliphatic rings. The summed E-state index contributed by atoms with van der Waals surface area (Å²) in [4.78, 5) is 0. The highest BCUT2D eigenvalue weighted by Crippen LogP contribution is 2.75. The van der Waals surface area contributed by atoms with E-state index < -0.39 is 12.2 Å². The second kappa shape index (κ2) is 6.54. The van der Waals surface area contributed by atoms with Crippen LogP contribution in [0.4, 0.5) is 0 Å². The summed E-state index contributed by atoms with van der Waals surface area (Å²) < 4.78 is 0. The van der Waals surface area contributed by atoms with Gasteiger partial charge >= 0.3 is 0 Å². The molecule has 5 rings (SSSR count). The van der Waals surface area contributed by atoms with Gasteiger partial charge in [-0.15, -0.1) is 0 Å². The lowest BCUT2D eigenvalue weighted by atomic mass is 9.33. The van der Waals surface area contributed by atoms with E-state index in [0.717, 1.165) is 12.8 Å². The summed E-state index contributed by atoms with van der Waals surface area (Å²) in [5.74, 6) is 1.06. The third-order valence-electron chi connectivity index (χ3n) is 12.4. The van der Waals surface area contributed by atoms with Crippen molar-refractivity contribution in [2.45, 2.75) is 113 Å². The summed E-state index contributed by atoms with van der Waals surface area (Å²) in [6.45, 7) is 19.4. The van der Waals surface area contributed by atoms with Gasteiger partial charge in [0, 0.05) is 11.3 Å². The lowest BCUT2D eigenvalue weighted by Crippen LogP contribution is -2.68. The smallest absolute Gasteiger partial charge is 0.0781 e. The zero-order valence-electron chi connectivity index (χ0n) is 22.0. The van der Waals surface area contributed by atoms with Crippen molar-refractivity contribution in [3.63, 3.8) is 0 Å². The van der Waals surface area contributed by atoms with E-state index >= 15 is 0 Å². The van der Waals surface area contributed by atoms with E-state index in [1.54, 1.807) is 5.57 Å². The van der Waals surface area contributed by atoms with Crippen LogP contribution in [-0.4, -0.2) is 22.4 Å². The van der Waals surface area contributed by atoms with Crippen LogP contribution in [0.15, 0.2) is 23.8 Å². The summed E-state index contributed by atoms with van der Waals surface area (Å²) in [6, 6.07) is 0. The van der Waals surface area contributed by atoms with Gasteiger partial charge in [-0.1, -0.05) is 79.2 Å². The quantitative estimate of drug-likeness (QED) is 0.402. The molecule has 0 aromatic heterocycles. The Morgan fingerprint density at radius 1 is 0.844 bits per heavy atom. The number of rotatable bonds is 0. The SMILES string of the molecule is CC1(C)CC[C@]2(C)CC[C@@]3(C)C(=CC(O)C4[C@@]5(C)C(O)C=CC(C)(C)C5CC[C@]43C)C2C1. The van der Waals surface area contributed by atoms with Gasteiger partial charge in [0.25, 0.3) is 0 Å². The molecular formula is C30H48O2. The maximum atomic E-state index is 11.9. The van der Waals surface area contributed by atoms with Crippen molar-refractivity contribution in [3.05, 3.63) is 23.8 Å². The topological polar surface area (TPSA) is 40.5 Å². The first-order valence-corrected chi connectivity index (χ1v) is 13.4. The van der Waals surface area contributed by atoms with Gasteiger partial charge in [-0.3, -0.25) is 0 Å². The molecule has 0 aromatic rings. The van der Waals surface area contributed by atoms with Crippen LogP contribution in [0, 0.1) is 50.2 Å². The third-order valence-corrected chi connectivity index (χ3v) is 12.4. The monoisotopic (exact) mass is 440 g/mol. The van der Waals surface area contributed by atoms with Crippen molar-refractivity contribution < 1.29 is 10.2 Å². The molecule has 0 heterocycles. The normalized spacial score (nSPS) is 55.7. The Bertz CT molecular complexity index is 866. The minimum atomic E-state index is -0.485. The lowest BCUT2D eigenvalue weighted by Gasteiger charge is -2.71. The second-order valence-corrected chi connectivity index (χ2v) is 15.0. The van der Waals surface area contributed by atoms with Crippen LogP contribution in [0.1, 0.15) is 100 Å². The van der Waals surface area contributed by atoms with Crippen LogP contribution in [-0.2, 0) is 0 Å². The highest BCUT2D eigenvalue weighted by Gasteiger charge is 2.70. The van der Waals surface area contributed by atoms with Gasteiger partial charge in [0.15, 0.2) is 0 Å². The van der Waals surface area contributed by atoms with Crippen molar-refractivity contribution in [1.29, 1.82) is 0 Å². The molecule has 180 valence electrons. The predicted molar refractivity (Wildman–Crippen MR) is 132 cm³/mol. The Hall–Kier alpha value is -0.600. The average Bonchev–Trinajstić information content (AvgIpc) is 2.68. The number of allylic oxidation sites excluding steroid dienone is 2. The highest BCUT2D eigenvalue weighted by atomic mass is 16.3. The minimum Gasteiger partial charge on any atom is -0.389 e. The molecule has 0 aliphatic heterocycles. The third kappa shape index (κ3) is 2.72. The number of hydrogen-bond donors (Lipinski definition) is 2. The molecular weight excluding hydrogens is 392 g/mol. The highest BCUT2D eigenvalue weighted by molar-refractivity contribution is 5.36. The van der Waals surface area contributed by atoms with E-state index in [9.17, 15) is 10.2 Å². The summed E-state index contributed by atoms with van der Waals surface area (Å²) >= 11 is 0. The molecule has 0 spiro atoms. The minimum absolute atomic E-state index is 0.00686. The fourth-order valence-electron chi connectivity index (χ4n) is 10.1. The second-order valence-electron chi connectivity index (χ2n) is 15.0. The Kier molecular flexibility index (Phi) is 4.73. The molecule has 0 amide bonds. The molecule has 0 saturated heterocycles. The molecule has 3 fully saturated rings. The van der Waals surface area contributed by atoms with Gasteiger partial charge in [0.1, 0.15) is 0 Å². The van der Waals surface area contributed by atoms with Crippen LogP contribution in [0.25, 0.3) is 0 Å². The first-order chi connectivity index (χ1) is 14.6. The molecule has 0 aromatic carbocycles. The molecule has 2 nitrogen and oxygen atoms in total. The lowest BCUT2D eigenvalue weighted by molar-refractivity contribution is -0.216. The zero-order valence-corrected chi connectivity index (χ0v) is 22.0. The Morgan fingerprint density at radius 3 is 2.19 bits per heavy atom. The molecule has 0 radical (unpaired) electrons. The summed E-state index contributed by atoms with van der Waals surface area (Å²) in [6.07, 6.45) is 14.3. The maximum absolute atomic E-state index is 11.9. The molecule has 5 unspecified atom stereocenters. The van der Waals surface area contributed by atoms with Crippen molar-refractivity contribution in [3.8, 4) is 0 Å². The van der Waals surface area contributed by atoms with Crippen LogP contribution in [0.3, 0.4) is 0 Å². The van der Waals surface area contributed by atoms with E-state index in [4.69, 9.17) is 0 Å². The largest absolute Gasteiger partial charge is 0.389 e. The van der Waals surface area contributed by atoms with Crippen LogP contribution in [0.2, 0.25) is 0 Å². The number of hydrogen-bond acceptors (Lipinski definition) is 2. The molecule has 9 atom stereocenters. The fraction of sp³-hybridized carbons (Fsp3) is 0.867. The molecule has 2 N–H and O–H groups in total. The molecule has 0 bridgehead atoms. The Balaban J connectivity index is 1.66. The molecule has 2 heteroatoms. The Morgan fingerprint density at radius 2 is 1.50 bits per heavy atom. The standard InChI is InChI=1S/C30H48O2/c1-25(2)13-14-27(5)15-16-28(6)19(20(27)18-25)17-21(31)24-29(28,7)12-9-22-26(3,4)11-10-23(32)30(22,24)8/h10-11,17,20-24,31-32H,9,12-16,18H2,1-8H3/t20?,21?,22?,23?,24?,27-,28+,29-,30-/m1/s1.